The van der Waals surface area contributed by atoms with E-state index in [1.54, 1.807) is 12.4 Å². The molecule has 0 unspecified atom stereocenters. The molecule has 4 rings (SSSR count). The van der Waals surface area contributed by atoms with Crippen LogP contribution in [0.5, 0.6) is 5.75 Å². The van der Waals surface area contributed by atoms with Gasteiger partial charge in [-0.2, -0.15) is 0 Å². The summed E-state index contributed by atoms with van der Waals surface area (Å²) in [5.41, 5.74) is 1.95. The minimum absolute atomic E-state index is 0.0645. The van der Waals surface area contributed by atoms with Crippen LogP contribution < -0.4 is 4.74 Å². The van der Waals surface area contributed by atoms with Crippen molar-refractivity contribution in [3.05, 3.63) is 48.0 Å². The second-order valence-electron chi connectivity index (χ2n) is 6.04. The number of carbonyl (C=O) groups excluding carboxylic acids is 1. The van der Waals surface area contributed by atoms with Crippen LogP contribution in [0.2, 0.25) is 0 Å². The fourth-order valence-electron chi connectivity index (χ4n) is 3.07. The minimum atomic E-state index is 0.0645. The molecular weight excluding hydrogens is 278 g/mol. The second kappa shape index (κ2) is 5.48. The number of nitrogens with zero attached hydrogens (tertiary/aromatic N) is 2. The summed E-state index contributed by atoms with van der Waals surface area (Å²) in [6.45, 7) is 1.40. The number of amides is 1. The molecule has 1 aliphatic carbocycles. The molecular formula is C17H19N3O2. The van der Waals surface area contributed by atoms with Crippen LogP contribution in [0.25, 0.3) is 0 Å². The molecule has 0 bridgehead atoms. The van der Waals surface area contributed by atoms with Gasteiger partial charge in [0, 0.05) is 37.3 Å². The number of H-pyrrole nitrogens is 1. The smallest absolute Gasteiger partial charge is 0.255 e. The van der Waals surface area contributed by atoms with E-state index in [4.69, 9.17) is 4.74 Å². The highest BCUT2D eigenvalue weighted by Crippen LogP contribution is 2.41. The molecule has 5 heteroatoms. The summed E-state index contributed by atoms with van der Waals surface area (Å²) < 4.78 is 5.92. The lowest BCUT2D eigenvalue weighted by Crippen LogP contribution is -2.31. The van der Waals surface area contributed by atoms with E-state index >= 15 is 0 Å². The van der Waals surface area contributed by atoms with E-state index in [1.165, 1.54) is 12.8 Å². The van der Waals surface area contributed by atoms with Gasteiger partial charge in [0.1, 0.15) is 11.9 Å². The normalized spacial score (nSPS) is 21.1. The number of hydrogen-bond acceptors (Lipinski definition) is 3. The van der Waals surface area contributed by atoms with Gasteiger partial charge in [-0.1, -0.05) is 0 Å². The van der Waals surface area contributed by atoms with Gasteiger partial charge in [-0.3, -0.25) is 9.78 Å². The van der Waals surface area contributed by atoms with Crippen LogP contribution in [0.4, 0.5) is 0 Å². The van der Waals surface area contributed by atoms with E-state index in [9.17, 15) is 4.79 Å². The van der Waals surface area contributed by atoms with Gasteiger partial charge in [0.15, 0.2) is 0 Å². The van der Waals surface area contributed by atoms with Crippen molar-refractivity contribution in [2.75, 3.05) is 13.1 Å². The highest BCUT2D eigenvalue weighted by atomic mass is 16.5. The Morgan fingerprint density at radius 3 is 2.82 bits per heavy atom. The van der Waals surface area contributed by atoms with Gasteiger partial charge < -0.3 is 14.6 Å². The third kappa shape index (κ3) is 2.58. The Balaban J connectivity index is 1.41. The van der Waals surface area contributed by atoms with E-state index in [0.717, 1.165) is 30.0 Å². The zero-order valence-corrected chi connectivity index (χ0v) is 12.4. The molecule has 1 saturated heterocycles. The van der Waals surface area contributed by atoms with Gasteiger partial charge in [-0.05, 0) is 37.0 Å². The Morgan fingerprint density at radius 2 is 2.05 bits per heavy atom. The highest BCUT2D eigenvalue weighted by Gasteiger charge is 2.33. The summed E-state index contributed by atoms with van der Waals surface area (Å²) in [5, 5.41) is 0. The molecule has 0 aromatic carbocycles. The lowest BCUT2D eigenvalue weighted by molar-refractivity contribution is 0.0771. The maximum Gasteiger partial charge on any atom is 0.255 e. The van der Waals surface area contributed by atoms with E-state index in [2.05, 4.69) is 9.97 Å². The molecule has 1 N–H and O–H groups in total. The van der Waals surface area contributed by atoms with E-state index < -0.39 is 0 Å². The summed E-state index contributed by atoms with van der Waals surface area (Å²) in [4.78, 5) is 21.8. The molecule has 2 fully saturated rings. The molecule has 0 spiro atoms. The van der Waals surface area contributed by atoms with Crippen molar-refractivity contribution >= 4 is 5.91 Å². The Labute approximate surface area is 129 Å². The Kier molecular flexibility index (Phi) is 3.33. The Morgan fingerprint density at radius 1 is 1.23 bits per heavy atom. The first-order valence-corrected chi connectivity index (χ1v) is 7.84. The van der Waals surface area contributed by atoms with Crippen LogP contribution in [0.1, 0.15) is 41.2 Å². The van der Waals surface area contributed by atoms with Crippen molar-refractivity contribution < 1.29 is 9.53 Å². The monoisotopic (exact) mass is 297 g/mol. The molecule has 2 aliphatic rings. The summed E-state index contributed by atoms with van der Waals surface area (Å²) >= 11 is 0. The number of nitrogens with one attached hydrogen (secondary N) is 1. The zero-order valence-electron chi connectivity index (χ0n) is 12.4. The number of hydrogen-bond donors (Lipinski definition) is 1. The maximum absolute atomic E-state index is 12.7. The van der Waals surface area contributed by atoms with E-state index in [1.807, 2.05) is 29.3 Å². The van der Waals surface area contributed by atoms with Crippen LogP contribution in [0, 0.1) is 0 Å². The first-order chi connectivity index (χ1) is 10.8. The molecule has 1 aliphatic heterocycles. The summed E-state index contributed by atoms with van der Waals surface area (Å²) in [7, 11) is 0. The molecule has 5 nitrogen and oxygen atoms in total. The maximum atomic E-state index is 12.7. The number of rotatable bonds is 4. The summed E-state index contributed by atoms with van der Waals surface area (Å²) in [6.07, 6.45) is 8.63. The zero-order chi connectivity index (χ0) is 14.9. The van der Waals surface area contributed by atoms with E-state index in [0.29, 0.717) is 12.5 Å². The minimum Gasteiger partial charge on any atom is -0.488 e. The van der Waals surface area contributed by atoms with Crippen molar-refractivity contribution in [1.82, 2.24) is 14.9 Å². The number of ether oxygens (including phenoxy) is 1. The van der Waals surface area contributed by atoms with Crippen LogP contribution in [-0.4, -0.2) is 40.0 Å². The predicted octanol–water partition coefficient (Wildman–Crippen LogP) is 2.58. The third-order valence-corrected chi connectivity index (χ3v) is 4.38. The highest BCUT2D eigenvalue weighted by molar-refractivity contribution is 5.96. The number of pyridine rings is 1. The average molecular weight is 297 g/mol. The Hall–Kier alpha value is -2.30. The van der Waals surface area contributed by atoms with Gasteiger partial charge >= 0.3 is 0 Å². The SMILES string of the molecule is O=C(c1cc[nH]c1C1CC1)N1CC[C@@H](Oc2ccncc2)C1. The number of likely N-dealkylation sites (tertiary alicyclic amines) is 1. The lowest BCUT2D eigenvalue weighted by atomic mass is 10.1. The number of carbonyl (C=O) groups is 1. The molecule has 114 valence electrons. The molecule has 3 heterocycles. The van der Waals surface area contributed by atoms with Gasteiger partial charge in [0.25, 0.3) is 5.91 Å². The summed E-state index contributed by atoms with van der Waals surface area (Å²) in [5.74, 6) is 1.50. The second-order valence-corrected chi connectivity index (χ2v) is 6.04. The molecule has 1 amide bonds. The number of aromatic amines is 1. The molecule has 2 aromatic heterocycles. The fourth-order valence-corrected chi connectivity index (χ4v) is 3.07. The average Bonchev–Trinajstić information content (AvgIpc) is 3.09. The number of aromatic nitrogens is 2. The van der Waals surface area contributed by atoms with Crippen molar-refractivity contribution in [1.29, 1.82) is 0 Å². The van der Waals surface area contributed by atoms with Gasteiger partial charge in [-0.25, -0.2) is 0 Å². The van der Waals surface area contributed by atoms with Crippen molar-refractivity contribution in [3.63, 3.8) is 0 Å². The van der Waals surface area contributed by atoms with Gasteiger partial charge in [-0.15, -0.1) is 0 Å². The van der Waals surface area contributed by atoms with Crippen molar-refractivity contribution in [2.24, 2.45) is 0 Å². The lowest BCUT2D eigenvalue weighted by Gasteiger charge is -2.17. The largest absolute Gasteiger partial charge is 0.488 e. The van der Waals surface area contributed by atoms with Gasteiger partial charge in [0.05, 0.1) is 12.1 Å². The first kappa shape index (κ1) is 13.4. The van der Waals surface area contributed by atoms with Crippen LogP contribution >= 0.6 is 0 Å². The van der Waals surface area contributed by atoms with Crippen LogP contribution in [-0.2, 0) is 0 Å². The molecule has 1 atom stereocenters. The topological polar surface area (TPSA) is 58.2 Å². The Bertz CT molecular complexity index is 664. The summed E-state index contributed by atoms with van der Waals surface area (Å²) in [6, 6.07) is 5.61. The fraction of sp³-hybridized carbons (Fsp3) is 0.412. The van der Waals surface area contributed by atoms with Crippen LogP contribution in [0.15, 0.2) is 36.8 Å². The standard InChI is InChI=1S/C17H19N3O2/c21-17(15-5-9-19-16(15)12-1-2-12)20-10-6-14(11-20)22-13-3-7-18-8-4-13/h3-5,7-9,12,14,19H,1-2,6,10-11H2/t14-/m1/s1. The molecule has 0 radical (unpaired) electrons. The van der Waals surface area contributed by atoms with Crippen molar-refractivity contribution in [2.45, 2.75) is 31.3 Å². The van der Waals surface area contributed by atoms with Crippen molar-refractivity contribution in [3.8, 4) is 5.75 Å². The third-order valence-electron chi connectivity index (χ3n) is 4.38. The first-order valence-electron chi connectivity index (χ1n) is 7.84. The molecule has 1 saturated carbocycles. The quantitative estimate of drug-likeness (QED) is 0.943. The molecule has 2 aromatic rings. The van der Waals surface area contributed by atoms with Crippen LogP contribution in [0.3, 0.4) is 0 Å². The van der Waals surface area contributed by atoms with E-state index in [-0.39, 0.29) is 12.0 Å². The predicted molar refractivity (Wildman–Crippen MR) is 81.9 cm³/mol. The van der Waals surface area contributed by atoms with Gasteiger partial charge in [0.2, 0.25) is 0 Å². The molecule has 22 heavy (non-hydrogen) atoms.